The zero-order chi connectivity index (χ0) is 16.4. The molecule has 0 fully saturated rings. The summed E-state index contributed by atoms with van der Waals surface area (Å²) in [5.74, 6) is 2.91. The number of aromatic nitrogens is 2. The van der Waals surface area contributed by atoms with Crippen LogP contribution in [-0.4, -0.2) is 42.2 Å². The average Bonchev–Trinajstić information content (AvgIpc) is 2.99. The van der Waals surface area contributed by atoms with E-state index in [-0.39, 0.29) is 6.54 Å². The van der Waals surface area contributed by atoms with Gasteiger partial charge in [-0.25, -0.2) is 18.1 Å². The van der Waals surface area contributed by atoms with Crippen molar-refractivity contribution in [3.63, 3.8) is 0 Å². The molecular formula is C15H22N4O3S. The van der Waals surface area contributed by atoms with Gasteiger partial charge in [0.25, 0.3) is 0 Å². The molecule has 23 heavy (non-hydrogen) atoms. The smallest absolute Gasteiger partial charge is 0.209 e. The molecule has 0 unspecified atom stereocenters. The first kappa shape index (κ1) is 16.2. The Hall–Kier alpha value is -1.64. The van der Waals surface area contributed by atoms with E-state index in [1.807, 2.05) is 19.1 Å². The Morgan fingerprint density at radius 2 is 2.13 bits per heavy atom. The van der Waals surface area contributed by atoms with Crippen LogP contribution in [0.15, 0.2) is 22.7 Å². The lowest BCUT2D eigenvalue weighted by Crippen LogP contribution is -2.27. The van der Waals surface area contributed by atoms with Crippen LogP contribution in [0.1, 0.15) is 23.0 Å². The fraction of sp³-hybridized carbons (Fsp3) is 0.533. The molecule has 0 spiro atoms. The van der Waals surface area contributed by atoms with Gasteiger partial charge in [0.05, 0.1) is 25.0 Å². The maximum absolute atomic E-state index is 11.3. The molecule has 8 heteroatoms. The number of imidazole rings is 1. The Bertz CT molecular complexity index is 778. The van der Waals surface area contributed by atoms with Crippen molar-refractivity contribution in [1.82, 2.24) is 19.2 Å². The summed E-state index contributed by atoms with van der Waals surface area (Å²) < 4.78 is 32.8. The number of sulfonamides is 1. The molecule has 3 heterocycles. The van der Waals surface area contributed by atoms with Crippen molar-refractivity contribution in [2.45, 2.75) is 33.0 Å². The van der Waals surface area contributed by atoms with Crippen LogP contribution in [0.25, 0.3) is 0 Å². The van der Waals surface area contributed by atoms with Gasteiger partial charge in [0.15, 0.2) is 0 Å². The Kier molecular flexibility index (Phi) is 4.56. The van der Waals surface area contributed by atoms with Crippen molar-refractivity contribution in [3.05, 3.63) is 41.4 Å². The molecule has 0 radical (unpaired) electrons. The normalized spacial score (nSPS) is 16.3. The molecule has 0 amide bonds. The Balaban J connectivity index is 1.65. The van der Waals surface area contributed by atoms with Gasteiger partial charge in [0.1, 0.15) is 17.3 Å². The van der Waals surface area contributed by atoms with E-state index in [2.05, 4.69) is 19.2 Å². The van der Waals surface area contributed by atoms with Crippen molar-refractivity contribution >= 4 is 10.0 Å². The molecule has 0 atom stereocenters. The van der Waals surface area contributed by atoms with E-state index >= 15 is 0 Å². The van der Waals surface area contributed by atoms with Crippen LogP contribution >= 0.6 is 0 Å². The summed E-state index contributed by atoms with van der Waals surface area (Å²) in [6, 6.07) is 3.99. The largest absolute Gasteiger partial charge is 0.465 e. The summed E-state index contributed by atoms with van der Waals surface area (Å²) in [6.45, 7) is 5.61. The minimum absolute atomic E-state index is 0.281. The van der Waals surface area contributed by atoms with Crippen LogP contribution in [0.3, 0.4) is 0 Å². The van der Waals surface area contributed by atoms with Gasteiger partial charge in [-0.1, -0.05) is 0 Å². The number of nitrogens with one attached hydrogen (secondary N) is 1. The van der Waals surface area contributed by atoms with Crippen LogP contribution in [0.2, 0.25) is 0 Å². The Morgan fingerprint density at radius 1 is 1.30 bits per heavy atom. The minimum Gasteiger partial charge on any atom is -0.465 e. The van der Waals surface area contributed by atoms with Crippen molar-refractivity contribution in [2.75, 3.05) is 19.3 Å². The van der Waals surface area contributed by atoms with E-state index in [0.29, 0.717) is 0 Å². The first-order valence-electron chi connectivity index (χ1n) is 7.66. The third-order valence-electron chi connectivity index (χ3n) is 4.00. The van der Waals surface area contributed by atoms with Gasteiger partial charge in [-0.2, -0.15) is 0 Å². The van der Waals surface area contributed by atoms with Gasteiger partial charge in [0, 0.05) is 32.3 Å². The highest BCUT2D eigenvalue weighted by atomic mass is 32.2. The van der Waals surface area contributed by atoms with Crippen molar-refractivity contribution in [2.24, 2.45) is 0 Å². The van der Waals surface area contributed by atoms with Gasteiger partial charge in [0.2, 0.25) is 10.0 Å². The molecular weight excluding hydrogens is 316 g/mol. The van der Waals surface area contributed by atoms with E-state index in [1.54, 1.807) is 6.20 Å². The fourth-order valence-electron chi connectivity index (χ4n) is 2.83. The van der Waals surface area contributed by atoms with Crippen LogP contribution in [0.5, 0.6) is 0 Å². The number of nitrogens with zero attached hydrogens (tertiary/aromatic N) is 3. The Labute approximate surface area is 136 Å². The van der Waals surface area contributed by atoms with Gasteiger partial charge < -0.3 is 8.98 Å². The molecule has 2 aromatic rings. The Morgan fingerprint density at radius 3 is 2.83 bits per heavy atom. The van der Waals surface area contributed by atoms with Crippen molar-refractivity contribution in [3.8, 4) is 0 Å². The molecule has 1 aliphatic heterocycles. The lowest BCUT2D eigenvalue weighted by Gasteiger charge is -2.18. The van der Waals surface area contributed by atoms with Crippen molar-refractivity contribution < 1.29 is 12.8 Å². The van der Waals surface area contributed by atoms with Crippen molar-refractivity contribution in [1.29, 1.82) is 0 Å². The van der Waals surface area contributed by atoms with Crippen LogP contribution < -0.4 is 4.72 Å². The third kappa shape index (κ3) is 4.21. The first-order chi connectivity index (χ1) is 10.9. The lowest BCUT2D eigenvalue weighted by atomic mass is 10.3. The van der Waals surface area contributed by atoms with E-state index < -0.39 is 10.0 Å². The fourth-order valence-corrected chi connectivity index (χ4v) is 3.24. The van der Waals surface area contributed by atoms with Gasteiger partial charge >= 0.3 is 0 Å². The molecule has 0 bridgehead atoms. The van der Waals surface area contributed by atoms with Gasteiger partial charge in [-0.05, 0) is 19.1 Å². The molecule has 7 nitrogen and oxygen atoms in total. The monoisotopic (exact) mass is 338 g/mol. The number of fused-ring (bicyclic) bond motifs is 1. The number of hydrogen-bond acceptors (Lipinski definition) is 5. The summed E-state index contributed by atoms with van der Waals surface area (Å²) in [4.78, 5) is 6.78. The molecule has 1 aliphatic rings. The van der Waals surface area contributed by atoms with E-state index in [4.69, 9.17) is 4.42 Å². The van der Waals surface area contributed by atoms with Crippen LogP contribution in [-0.2, 0) is 36.1 Å². The predicted molar refractivity (Wildman–Crippen MR) is 86.3 cm³/mol. The molecule has 3 rings (SSSR count). The van der Waals surface area contributed by atoms with E-state index in [9.17, 15) is 8.42 Å². The molecule has 1 N–H and O–H groups in total. The minimum atomic E-state index is -3.20. The zero-order valence-electron chi connectivity index (χ0n) is 13.4. The topological polar surface area (TPSA) is 80.4 Å². The SMILES string of the molecule is Cc1ccc(CN2CCc3ncc(CNS(C)(=O)=O)n3CC2)o1. The number of rotatable bonds is 5. The lowest BCUT2D eigenvalue weighted by molar-refractivity contribution is 0.246. The van der Waals surface area contributed by atoms with Gasteiger partial charge in [-0.15, -0.1) is 0 Å². The second-order valence-corrected chi connectivity index (χ2v) is 7.78. The summed E-state index contributed by atoms with van der Waals surface area (Å²) in [5, 5.41) is 0. The summed E-state index contributed by atoms with van der Waals surface area (Å²) >= 11 is 0. The van der Waals surface area contributed by atoms with Gasteiger partial charge in [-0.3, -0.25) is 4.90 Å². The predicted octanol–water partition coefficient (Wildman–Crippen LogP) is 0.892. The number of aryl methyl sites for hydroxylation is 1. The summed E-state index contributed by atoms with van der Waals surface area (Å²) in [7, 11) is -3.20. The van der Waals surface area contributed by atoms with Crippen LogP contribution in [0.4, 0.5) is 0 Å². The molecule has 0 saturated carbocycles. The zero-order valence-corrected chi connectivity index (χ0v) is 14.3. The number of furan rings is 1. The highest BCUT2D eigenvalue weighted by molar-refractivity contribution is 7.88. The second kappa shape index (κ2) is 6.46. The summed E-state index contributed by atoms with van der Waals surface area (Å²) in [6.07, 6.45) is 3.78. The number of hydrogen-bond donors (Lipinski definition) is 1. The van der Waals surface area contributed by atoms with Crippen LogP contribution in [0, 0.1) is 6.92 Å². The maximum Gasteiger partial charge on any atom is 0.209 e. The third-order valence-corrected chi connectivity index (χ3v) is 4.67. The first-order valence-corrected chi connectivity index (χ1v) is 9.55. The van der Waals surface area contributed by atoms with E-state index in [0.717, 1.165) is 55.6 Å². The molecule has 0 saturated heterocycles. The molecule has 126 valence electrons. The molecule has 2 aromatic heterocycles. The average molecular weight is 338 g/mol. The second-order valence-electron chi connectivity index (χ2n) is 5.95. The quantitative estimate of drug-likeness (QED) is 0.876. The molecule has 0 aromatic carbocycles. The highest BCUT2D eigenvalue weighted by Gasteiger charge is 2.18. The maximum atomic E-state index is 11.3. The molecule has 0 aliphatic carbocycles. The highest BCUT2D eigenvalue weighted by Crippen LogP contribution is 2.15. The van der Waals surface area contributed by atoms with E-state index in [1.165, 1.54) is 6.26 Å². The standard InChI is InChI=1S/C15H22N4O3S/c1-12-3-4-14(22-12)11-18-6-5-15-16-9-13(19(15)8-7-18)10-17-23(2,20)21/h3-4,9,17H,5-8,10-11H2,1-2H3. The summed E-state index contributed by atoms with van der Waals surface area (Å²) in [5.41, 5.74) is 0.904.